The number of hydrogen-bond donors (Lipinski definition) is 0. The Labute approximate surface area is 61.1 Å². The lowest BCUT2D eigenvalue weighted by molar-refractivity contribution is 0.722. The molecule has 0 amide bonds. The molecule has 0 saturated heterocycles. The monoisotopic (exact) mass is 152 g/mol. The Hall–Kier alpha value is -1.23. The van der Waals surface area contributed by atoms with Gasteiger partial charge in [0.05, 0.1) is 5.69 Å². The van der Waals surface area contributed by atoms with E-state index in [4.69, 9.17) is 0 Å². The number of tetrazole rings is 1. The molecular weight excluding hydrogens is 148 g/mol. The van der Waals surface area contributed by atoms with Crippen molar-refractivity contribution in [3.63, 3.8) is 0 Å². The third-order valence-corrected chi connectivity index (χ3v) is 1.76. The minimum absolute atomic E-state index is 0.961. The SMILES string of the molecule is c1nnn(-c2ccsc2)n1. The van der Waals surface area contributed by atoms with Crippen molar-refractivity contribution in [3.05, 3.63) is 23.2 Å². The van der Waals surface area contributed by atoms with E-state index in [-0.39, 0.29) is 0 Å². The van der Waals surface area contributed by atoms with Gasteiger partial charge in [-0.1, -0.05) is 0 Å². The number of aromatic nitrogens is 4. The van der Waals surface area contributed by atoms with E-state index in [1.807, 2.05) is 16.8 Å². The summed E-state index contributed by atoms with van der Waals surface area (Å²) in [6.07, 6.45) is 1.41. The van der Waals surface area contributed by atoms with Crippen LogP contribution in [0.15, 0.2) is 23.2 Å². The molecule has 0 radical (unpaired) electrons. The number of thiophene rings is 1. The standard InChI is InChI=1S/C5H4N4S/c1-2-10-3-5(1)9-7-4-6-8-9/h1-4H. The second-order valence-electron chi connectivity index (χ2n) is 1.71. The van der Waals surface area contributed by atoms with Gasteiger partial charge in [0.2, 0.25) is 0 Å². The molecular formula is C5H4N4S. The van der Waals surface area contributed by atoms with E-state index in [1.54, 1.807) is 11.3 Å². The van der Waals surface area contributed by atoms with Crippen molar-refractivity contribution in [2.45, 2.75) is 0 Å². The van der Waals surface area contributed by atoms with Crippen LogP contribution in [-0.2, 0) is 0 Å². The maximum Gasteiger partial charge on any atom is 0.162 e. The van der Waals surface area contributed by atoms with E-state index < -0.39 is 0 Å². The maximum absolute atomic E-state index is 3.86. The van der Waals surface area contributed by atoms with E-state index in [0.717, 1.165) is 5.69 Å². The molecule has 2 aromatic heterocycles. The Morgan fingerprint density at radius 1 is 1.50 bits per heavy atom. The topological polar surface area (TPSA) is 43.6 Å². The maximum atomic E-state index is 3.86. The molecule has 2 aromatic rings. The van der Waals surface area contributed by atoms with Gasteiger partial charge in [0.25, 0.3) is 0 Å². The van der Waals surface area contributed by atoms with Gasteiger partial charge in [-0.3, -0.25) is 0 Å². The van der Waals surface area contributed by atoms with Gasteiger partial charge in [0.1, 0.15) is 0 Å². The lowest BCUT2D eigenvalue weighted by Crippen LogP contribution is -1.95. The quantitative estimate of drug-likeness (QED) is 0.604. The van der Waals surface area contributed by atoms with E-state index in [1.165, 1.54) is 11.1 Å². The molecule has 0 fully saturated rings. The Kier molecular flexibility index (Phi) is 1.21. The molecule has 0 atom stereocenters. The fourth-order valence-corrected chi connectivity index (χ4v) is 1.27. The molecule has 4 nitrogen and oxygen atoms in total. The summed E-state index contributed by atoms with van der Waals surface area (Å²) in [5.41, 5.74) is 0.961. The van der Waals surface area contributed by atoms with E-state index in [2.05, 4.69) is 15.4 Å². The number of nitrogens with zero attached hydrogens (tertiary/aromatic N) is 4. The molecule has 0 aliphatic rings. The summed E-state index contributed by atoms with van der Waals surface area (Å²) in [4.78, 5) is 1.48. The lowest BCUT2D eigenvalue weighted by atomic mass is 10.6. The van der Waals surface area contributed by atoms with Crippen molar-refractivity contribution in [2.75, 3.05) is 0 Å². The zero-order chi connectivity index (χ0) is 6.81. The van der Waals surface area contributed by atoms with Crippen molar-refractivity contribution in [3.8, 4) is 5.69 Å². The van der Waals surface area contributed by atoms with Gasteiger partial charge in [-0.2, -0.15) is 11.3 Å². The van der Waals surface area contributed by atoms with Gasteiger partial charge in [0, 0.05) is 5.38 Å². The van der Waals surface area contributed by atoms with Crippen molar-refractivity contribution in [2.24, 2.45) is 0 Å². The Balaban J connectivity index is 2.48. The summed E-state index contributed by atoms with van der Waals surface area (Å²) in [6, 6.07) is 1.94. The molecule has 0 aliphatic heterocycles. The van der Waals surface area contributed by atoms with Crippen LogP contribution in [0.5, 0.6) is 0 Å². The van der Waals surface area contributed by atoms with Crippen LogP contribution in [0.25, 0.3) is 5.69 Å². The van der Waals surface area contributed by atoms with E-state index in [0.29, 0.717) is 0 Å². The third kappa shape index (κ3) is 0.801. The van der Waals surface area contributed by atoms with Crippen LogP contribution in [0, 0.1) is 0 Å². The highest BCUT2D eigenvalue weighted by Gasteiger charge is 1.95. The first kappa shape index (κ1) is 5.55. The average molecular weight is 152 g/mol. The van der Waals surface area contributed by atoms with Crippen LogP contribution < -0.4 is 0 Å². The van der Waals surface area contributed by atoms with Gasteiger partial charge in [-0.05, 0) is 16.7 Å². The first-order chi connectivity index (χ1) is 4.97. The molecule has 2 rings (SSSR count). The van der Waals surface area contributed by atoms with Gasteiger partial charge in [-0.25, -0.2) is 0 Å². The normalized spacial score (nSPS) is 10.0. The van der Waals surface area contributed by atoms with Crippen LogP contribution in [-0.4, -0.2) is 20.2 Å². The largest absolute Gasteiger partial charge is 0.162 e. The van der Waals surface area contributed by atoms with Crippen LogP contribution in [0.3, 0.4) is 0 Å². The summed E-state index contributed by atoms with van der Waals surface area (Å²) < 4.78 is 0. The molecule has 50 valence electrons. The predicted molar refractivity (Wildman–Crippen MR) is 37.0 cm³/mol. The Morgan fingerprint density at radius 3 is 3.10 bits per heavy atom. The van der Waals surface area contributed by atoms with Gasteiger partial charge in [-0.15, -0.1) is 15.0 Å². The van der Waals surface area contributed by atoms with Gasteiger partial charge in [0.15, 0.2) is 6.33 Å². The fourth-order valence-electron chi connectivity index (χ4n) is 0.657. The zero-order valence-electron chi connectivity index (χ0n) is 5.01. The molecule has 2 heterocycles. The summed E-state index contributed by atoms with van der Waals surface area (Å²) >= 11 is 1.61. The molecule has 5 heteroatoms. The van der Waals surface area contributed by atoms with Crippen molar-refractivity contribution >= 4 is 11.3 Å². The molecule has 0 unspecified atom stereocenters. The molecule has 0 aromatic carbocycles. The number of rotatable bonds is 1. The molecule has 0 bridgehead atoms. The predicted octanol–water partition coefficient (Wildman–Crippen LogP) is 0.724. The molecule has 0 aliphatic carbocycles. The lowest BCUT2D eigenvalue weighted by Gasteiger charge is -1.87. The second-order valence-corrected chi connectivity index (χ2v) is 2.49. The van der Waals surface area contributed by atoms with E-state index in [9.17, 15) is 0 Å². The zero-order valence-corrected chi connectivity index (χ0v) is 5.82. The average Bonchev–Trinajstić information content (AvgIpc) is 2.59. The van der Waals surface area contributed by atoms with E-state index >= 15 is 0 Å². The highest BCUT2D eigenvalue weighted by atomic mass is 32.1. The summed E-state index contributed by atoms with van der Waals surface area (Å²) in [5, 5.41) is 15.1. The molecule has 0 spiro atoms. The summed E-state index contributed by atoms with van der Waals surface area (Å²) in [6.45, 7) is 0. The van der Waals surface area contributed by atoms with Crippen molar-refractivity contribution in [1.29, 1.82) is 0 Å². The molecule has 10 heavy (non-hydrogen) atoms. The first-order valence-electron chi connectivity index (χ1n) is 2.72. The Morgan fingerprint density at radius 2 is 2.50 bits per heavy atom. The van der Waals surface area contributed by atoms with Crippen LogP contribution in [0.4, 0.5) is 0 Å². The highest BCUT2D eigenvalue weighted by Crippen LogP contribution is 2.07. The van der Waals surface area contributed by atoms with Crippen molar-refractivity contribution in [1.82, 2.24) is 20.2 Å². The molecule has 0 N–H and O–H groups in total. The second kappa shape index (κ2) is 2.18. The van der Waals surface area contributed by atoms with Crippen LogP contribution >= 0.6 is 11.3 Å². The van der Waals surface area contributed by atoms with Crippen LogP contribution in [0.1, 0.15) is 0 Å². The minimum atomic E-state index is 0.961. The highest BCUT2D eigenvalue weighted by molar-refractivity contribution is 7.08. The minimum Gasteiger partial charge on any atom is -0.150 e. The van der Waals surface area contributed by atoms with Gasteiger partial charge >= 0.3 is 0 Å². The first-order valence-corrected chi connectivity index (χ1v) is 3.66. The molecule has 0 saturated carbocycles. The van der Waals surface area contributed by atoms with Crippen LogP contribution in [0.2, 0.25) is 0 Å². The fraction of sp³-hybridized carbons (Fsp3) is 0. The third-order valence-electron chi connectivity index (χ3n) is 1.09. The van der Waals surface area contributed by atoms with Crippen molar-refractivity contribution < 1.29 is 0 Å². The number of hydrogen-bond acceptors (Lipinski definition) is 4. The summed E-state index contributed by atoms with van der Waals surface area (Å²) in [7, 11) is 0. The van der Waals surface area contributed by atoms with Gasteiger partial charge < -0.3 is 0 Å². The smallest absolute Gasteiger partial charge is 0.150 e. The summed E-state index contributed by atoms with van der Waals surface area (Å²) in [5.74, 6) is 0. The Bertz CT molecular complexity index is 253.